The number of rotatable bonds is 8. The van der Waals surface area contributed by atoms with Crippen LogP contribution in [0.15, 0.2) is 4.99 Å². The number of nitrogens with zero attached hydrogens (tertiary/aromatic N) is 5. The summed E-state index contributed by atoms with van der Waals surface area (Å²) in [4.78, 5) is 45.2. The first-order valence-corrected chi connectivity index (χ1v) is 8.61. The summed E-state index contributed by atoms with van der Waals surface area (Å²) in [5, 5.41) is 2.87. The minimum atomic E-state index is -0.714. The van der Waals surface area contributed by atoms with Gasteiger partial charge in [0.2, 0.25) is 0 Å². The van der Waals surface area contributed by atoms with E-state index in [0.29, 0.717) is 12.4 Å². The first kappa shape index (κ1) is 19.0. The van der Waals surface area contributed by atoms with Gasteiger partial charge < -0.3 is 10.2 Å². The van der Waals surface area contributed by atoms with Crippen molar-refractivity contribution in [1.29, 1.82) is 0 Å². The molecule has 9 heteroatoms. The zero-order chi connectivity index (χ0) is 18.6. The number of imide groups is 1. The summed E-state index contributed by atoms with van der Waals surface area (Å²) in [6, 6.07) is -1.13. The minimum absolute atomic E-state index is 0.0323. The van der Waals surface area contributed by atoms with E-state index in [4.69, 9.17) is 0 Å². The lowest BCUT2D eigenvalue weighted by Gasteiger charge is -2.30. The van der Waals surface area contributed by atoms with Crippen molar-refractivity contribution in [2.24, 2.45) is 4.99 Å². The Morgan fingerprint density at radius 1 is 1.28 bits per heavy atom. The Hall–Kier alpha value is -2.29. The van der Waals surface area contributed by atoms with E-state index < -0.39 is 12.1 Å². The number of hydrogen-bond acceptors (Lipinski definition) is 5. The van der Waals surface area contributed by atoms with Crippen LogP contribution in [0, 0.1) is 0 Å². The SMILES string of the molecule is CCN(CC)CCCNC(=O)C[N+]1=CN=C2C1C(=O)N(C)C(=O)N2C. The Morgan fingerprint density at radius 3 is 2.60 bits per heavy atom. The van der Waals surface area contributed by atoms with Gasteiger partial charge in [0, 0.05) is 20.6 Å². The molecule has 0 spiro atoms. The zero-order valence-corrected chi connectivity index (χ0v) is 15.4. The van der Waals surface area contributed by atoms with Gasteiger partial charge in [0.05, 0.1) is 0 Å². The standard InChI is InChI=1S/C16H26N6O3/c1-5-21(6-2)9-7-8-17-12(23)10-22-11-18-14-13(22)15(24)20(4)16(25)19(14)3/h11,13H,5-10H2,1-4H3/p+1. The molecule has 2 aliphatic heterocycles. The summed E-state index contributed by atoms with van der Waals surface area (Å²) in [5.41, 5.74) is 0. The van der Waals surface area contributed by atoms with Gasteiger partial charge in [-0.1, -0.05) is 13.8 Å². The van der Waals surface area contributed by atoms with Crippen LogP contribution in [0.3, 0.4) is 0 Å². The van der Waals surface area contributed by atoms with Gasteiger partial charge in [0.15, 0.2) is 6.54 Å². The molecular weight excluding hydrogens is 324 g/mol. The molecule has 0 aromatic rings. The van der Waals surface area contributed by atoms with Crippen LogP contribution in [-0.2, 0) is 9.59 Å². The smallest absolute Gasteiger partial charge is 0.333 e. The maximum absolute atomic E-state index is 12.4. The first-order valence-electron chi connectivity index (χ1n) is 8.61. The number of nitrogens with one attached hydrogen (secondary N) is 1. The molecule has 138 valence electrons. The molecular formula is C16H27N6O3+. The number of urea groups is 1. The van der Waals surface area contributed by atoms with Crippen molar-refractivity contribution < 1.29 is 19.0 Å². The Labute approximate surface area is 148 Å². The first-order chi connectivity index (χ1) is 11.9. The predicted octanol–water partition coefficient (Wildman–Crippen LogP) is -0.820. The van der Waals surface area contributed by atoms with Crippen molar-refractivity contribution in [1.82, 2.24) is 20.0 Å². The van der Waals surface area contributed by atoms with Gasteiger partial charge >= 0.3 is 6.03 Å². The lowest BCUT2D eigenvalue weighted by molar-refractivity contribution is -0.519. The van der Waals surface area contributed by atoms with Gasteiger partial charge in [-0.15, -0.1) is 0 Å². The predicted molar refractivity (Wildman–Crippen MR) is 93.8 cm³/mol. The van der Waals surface area contributed by atoms with Crippen LogP contribution in [0.25, 0.3) is 0 Å². The van der Waals surface area contributed by atoms with E-state index in [9.17, 15) is 14.4 Å². The summed E-state index contributed by atoms with van der Waals surface area (Å²) < 4.78 is 1.57. The zero-order valence-electron chi connectivity index (χ0n) is 15.4. The van der Waals surface area contributed by atoms with E-state index in [-0.39, 0.29) is 18.4 Å². The Kier molecular flexibility index (Phi) is 6.24. The van der Waals surface area contributed by atoms with Gasteiger partial charge in [-0.05, 0) is 31.0 Å². The van der Waals surface area contributed by atoms with Crippen LogP contribution >= 0.6 is 0 Å². The van der Waals surface area contributed by atoms with Crippen LogP contribution in [0.2, 0.25) is 0 Å². The summed E-state index contributed by atoms with van der Waals surface area (Å²) in [5.74, 6) is -0.172. The lowest BCUT2D eigenvalue weighted by Crippen LogP contribution is -2.62. The molecule has 0 aromatic carbocycles. The summed E-state index contributed by atoms with van der Waals surface area (Å²) in [7, 11) is 3.00. The fourth-order valence-corrected chi connectivity index (χ4v) is 2.97. The van der Waals surface area contributed by atoms with E-state index in [1.807, 2.05) is 0 Å². The highest BCUT2D eigenvalue weighted by Gasteiger charge is 2.50. The van der Waals surface area contributed by atoms with Gasteiger partial charge in [-0.3, -0.25) is 19.4 Å². The van der Waals surface area contributed by atoms with E-state index in [1.165, 1.54) is 18.3 Å². The fraction of sp³-hybridized carbons (Fsp3) is 0.688. The molecule has 4 amide bonds. The van der Waals surface area contributed by atoms with Crippen molar-refractivity contribution in [3.05, 3.63) is 0 Å². The second kappa shape index (κ2) is 8.19. The van der Waals surface area contributed by atoms with Crippen molar-refractivity contribution in [3.8, 4) is 0 Å². The number of hydrogen-bond donors (Lipinski definition) is 1. The van der Waals surface area contributed by atoms with Crippen LogP contribution in [0.4, 0.5) is 4.79 Å². The lowest BCUT2D eigenvalue weighted by atomic mass is 10.1. The number of amides is 4. The molecule has 1 saturated heterocycles. The fourth-order valence-electron chi connectivity index (χ4n) is 2.97. The maximum Gasteiger partial charge on any atom is 0.333 e. The van der Waals surface area contributed by atoms with Gasteiger partial charge in [0.25, 0.3) is 30.0 Å². The van der Waals surface area contributed by atoms with Crippen molar-refractivity contribution in [2.75, 3.05) is 46.8 Å². The molecule has 2 rings (SSSR count). The number of carbonyl (C=O) groups is 3. The highest BCUT2D eigenvalue weighted by Crippen LogP contribution is 2.16. The molecule has 0 saturated carbocycles. The number of carbonyl (C=O) groups excluding carboxylic acids is 3. The molecule has 1 N–H and O–H groups in total. The van der Waals surface area contributed by atoms with E-state index in [1.54, 1.807) is 11.6 Å². The summed E-state index contributed by atoms with van der Waals surface area (Å²) in [6.45, 7) is 7.78. The molecule has 1 unspecified atom stereocenters. The molecule has 2 heterocycles. The number of aliphatic imine (C=N–C) groups is 1. The second-order valence-corrected chi connectivity index (χ2v) is 6.15. The van der Waals surface area contributed by atoms with E-state index >= 15 is 0 Å². The molecule has 0 aliphatic carbocycles. The third-order valence-electron chi connectivity index (χ3n) is 4.59. The van der Waals surface area contributed by atoms with Crippen molar-refractivity contribution in [2.45, 2.75) is 26.3 Å². The number of amidine groups is 1. The van der Waals surface area contributed by atoms with Crippen molar-refractivity contribution >= 4 is 30.0 Å². The number of fused-ring (bicyclic) bond motifs is 1. The molecule has 1 fully saturated rings. The Balaban J connectivity index is 1.84. The molecule has 1 atom stereocenters. The third-order valence-corrected chi connectivity index (χ3v) is 4.59. The monoisotopic (exact) mass is 351 g/mol. The average Bonchev–Trinajstić information content (AvgIpc) is 3.02. The highest BCUT2D eigenvalue weighted by atomic mass is 16.2. The van der Waals surface area contributed by atoms with Crippen molar-refractivity contribution in [3.63, 3.8) is 0 Å². The molecule has 0 radical (unpaired) electrons. The second-order valence-electron chi connectivity index (χ2n) is 6.15. The Morgan fingerprint density at radius 2 is 1.96 bits per heavy atom. The normalized spacial score (nSPS) is 20.0. The van der Waals surface area contributed by atoms with E-state index in [2.05, 4.69) is 29.1 Å². The third kappa shape index (κ3) is 4.04. The topological polar surface area (TPSA) is 88.3 Å². The average molecular weight is 351 g/mol. The van der Waals surface area contributed by atoms with Crippen LogP contribution in [0.1, 0.15) is 20.3 Å². The van der Waals surface area contributed by atoms with Crippen LogP contribution < -0.4 is 5.32 Å². The molecule has 0 bridgehead atoms. The quantitative estimate of drug-likeness (QED) is 0.457. The molecule has 2 aliphatic rings. The Bertz CT molecular complexity index is 611. The summed E-state index contributed by atoms with van der Waals surface area (Å²) in [6.07, 6.45) is 2.33. The number of likely N-dealkylation sites (N-methyl/N-ethyl adjacent to an activating group) is 2. The van der Waals surface area contributed by atoms with Gasteiger partial charge in [-0.2, -0.15) is 0 Å². The molecule has 25 heavy (non-hydrogen) atoms. The largest absolute Gasteiger partial charge is 0.353 e. The van der Waals surface area contributed by atoms with Crippen LogP contribution in [0.5, 0.6) is 0 Å². The maximum atomic E-state index is 12.4. The van der Waals surface area contributed by atoms with Gasteiger partial charge in [0.1, 0.15) is 0 Å². The van der Waals surface area contributed by atoms with Gasteiger partial charge in [-0.25, -0.2) is 9.37 Å². The molecule has 0 aromatic heterocycles. The van der Waals surface area contributed by atoms with E-state index in [0.717, 1.165) is 31.0 Å². The minimum Gasteiger partial charge on any atom is -0.353 e. The molecule has 9 nitrogen and oxygen atoms in total. The summed E-state index contributed by atoms with van der Waals surface area (Å²) >= 11 is 0. The highest BCUT2D eigenvalue weighted by molar-refractivity contribution is 6.21. The van der Waals surface area contributed by atoms with Crippen LogP contribution in [-0.4, -0.2) is 102 Å².